The molecular weight excluding hydrogens is 484 g/mol. The number of carbonyl (C=O) groups excluding carboxylic acids is 3. The van der Waals surface area contributed by atoms with Gasteiger partial charge < -0.3 is 14.6 Å². The predicted molar refractivity (Wildman–Crippen MR) is 136 cm³/mol. The van der Waals surface area contributed by atoms with Crippen molar-refractivity contribution in [3.05, 3.63) is 61.7 Å². The Balaban J connectivity index is 1.21. The molecule has 4 aromatic rings. The molecule has 10 heteroatoms. The molecule has 0 atom stereocenters. The second-order valence-electron chi connectivity index (χ2n) is 8.66. The Kier molecular flexibility index (Phi) is 6.24. The summed E-state index contributed by atoms with van der Waals surface area (Å²) >= 11 is 2.93. The summed E-state index contributed by atoms with van der Waals surface area (Å²) in [7, 11) is 0. The van der Waals surface area contributed by atoms with Gasteiger partial charge in [0, 0.05) is 42.4 Å². The Morgan fingerprint density at radius 2 is 1.89 bits per heavy atom. The Hall–Kier alpha value is -3.37. The first-order valence-corrected chi connectivity index (χ1v) is 13.0. The van der Waals surface area contributed by atoms with E-state index in [-0.39, 0.29) is 29.3 Å². The minimum atomic E-state index is -0.286. The number of likely N-dealkylation sites (tertiary alicyclic amines) is 1. The van der Waals surface area contributed by atoms with Crippen LogP contribution in [0.25, 0.3) is 11.0 Å². The average Bonchev–Trinajstić information content (AvgIpc) is 3.56. The maximum absolute atomic E-state index is 12.9. The Morgan fingerprint density at radius 1 is 1.11 bits per heavy atom. The number of hydrogen-bond acceptors (Lipinski definition) is 8. The van der Waals surface area contributed by atoms with Gasteiger partial charge in [0.1, 0.15) is 16.2 Å². The summed E-state index contributed by atoms with van der Waals surface area (Å²) in [6.07, 6.45) is 1.62. The van der Waals surface area contributed by atoms with Gasteiger partial charge in [-0.1, -0.05) is 0 Å². The molecule has 1 N–H and O–H groups in total. The van der Waals surface area contributed by atoms with Crippen LogP contribution in [-0.4, -0.2) is 45.6 Å². The molecule has 2 amide bonds. The van der Waals surface area contributed by atoms with Gasteiger partial charge in [-0.2, -0.15) is 0 Å². The number of fused-ring (bicyclic) bond motifs is 1. The van der Waals surface area contributed by atoms with Crippen LogP contribution in [0, 0.1) is 13.8 Å². The smallest absolute Gasteiger partial charge is 0.275 e. The molecule has 0 radical (unpaired) electrons. The van der Waals surface area contributed by atoms with Gasteiger partial charge in [0.15, 0.2) is 11.5 Å². The van der Waals surface area contributed by atoms with E-state index in [2.05, 4.69) is 15.3 Å². The van der Waals surface area contributed by atoms with Crippen LogP contribution < -0.4 is 5.32 Å². The largest absolute Gasteiger partial charge is 0.453 e. The molecule has 4 heterocycles. The molecule has 0 unspecified atom stereocenters. The Labute approximate surface area is 210 Å². The van der Waals surface area contributed by atoms with E-state index < -0.39 is 0 Å². The van der Waals surface area contributed by atoms with Crippen molar-refractivity contribution in [2.24, 2.45) is 0 Å². The minimum Gasteiger partial charge on any atom is -0.453 e. The van der Waals surface area contributed by atoms with E-state index in [1.54, 1.807) is 29.6 Å². The van der Waals surface area contributed by atoms with E-state index >= 15 is 0 Å². The first-order valence-electron chi connectivity index (χ1n) is 11.3. The van der Waals surface area contributed by atoms with Crippen molar-refractivity contribution in [3.8, 4) is 0 Å². The topological polar surface area (TPSA) is 105 Å². The number of benzene rings is 1. The van der Waals surface area contributed by atoms with Crippen LogP contribution in [-0.2, 0) is 0 Å². The molecule has 180 valence electrons. The molecule has 0 aliphatic carbocycles. The van der Waals surface area contributed by atoms with Gasteiger partial charge >= 0.3 is 0 Å². The Bertz CT molecular complexity index is 1440. The fourth-order valence-corrected chi connectivity index (χ4v) is 6.13. The van der Waals surface area contributed by atoms with E-state index in [1.165, 1.54) is 29.6 Å². The molecular formula is C25H24N4O4S2. The zero-order valence-corrected chi connectivity index (χ0v) is 21.2. The van der Waals surface area contributed by atoms with E-state index in [0.717, 1.165) is 38.8 Å². The summed E-state index contributed by atoms with van der Waals surface area (Å²) in [5.41, 5.74) is 2.36. The molecule has 1 saturated heterocycles. The summed E-state index contributed by atoms with van der Waals surface area (Å²) in [5.74, 6) is 0.132. The quantitative estimate of drug-likeness (QED) is 0.360. The van der Waals surface area contributed by atoms with Crippen LogP contribution in [0.1, 0.15) is 72.1 Å². The maximum Gasteiger partial charge on any atom is 0.275 e. The second-order valence-corrected chi connectivity index (χ2v) is 10.8. The van der Waals surface area contributed by atoms with Crippen molar-refractivity contribution in [2.75, 3.05) is 18.4 Å². The number of piperidine rings is 1. The molecule has 0 saturated carbocycles. The number of anilines is 1. The first kappa shape index (κ1) is 23.4. The lowest BCUT2D eigenvalue weighted by Gasteiger charge is -2.30. The number of furan rings is 1. The molecule has 5 rings (SSSR count). The van der Waals surface area contributed by atoms with Crippen molar-refractivity contribution in [1.82, 2.24) is 14.9 Å². The maximum atomic E-state index is 12.9. The zero-order chi connectivity index (χ0) is 24.7. The third-order valence-corrected chi connectivity index (χ3v) is 8.17. The van der Waals surface area contributed by atoms with Crippen LogP contribution in [0.15, 0.2) is 34.1 Å². The first-order chi connectivity index (χ1) is 16.8. The van der Waals surface area contributed by atoms with Gasteiger partial charge in [0.2, 0.25) is 0 Å². The van der Waals surface area contributed by atoms with Crippen LogP contribution in [0.2, 0.25) is 0 Å². The lowest BCUT2D eigenvalue weighted by Crippen LogP contribution is -2.37. The summed E-state index contributed by atoms with van der Waals surface area (Å²) < 4.78 is 5.50. The number of amides is 2. The molecule has 1 aliphatic rings. The molecule has 8 nitrogen and oxygen atoms in total. The summed E-state index contributed by atoms with van der Waals surface area (Å²) in [5, 5.41) is 7.22. The number of thiazole rings is 2. The normalized spacial score (nSPS) is 14.4. The number of ketones is 1. The molecule has 0 spiro atoms. The summed E-state index contributed by atoms with van der Waals surface area (Å²) in [4.78, 5) is 48.8. The number of carbonyl (C=O) groups is 3. The van der Waals surface area contributed by atoms with Gasteiger partial charge in [-0.25, -0.2) is 9.97 Å². The van der Waals surface area contributed by atoms with Crippen LogP contribution in [0.3, 0.4) is 0 Å². The zero-order valence-electron chi connectivity index (χ0n) is 19.6. The fourth-order valence-electron chi connectivity index (χ4n) is 4.27. The predicted octanol–water partition coefficient (Wildman–Crippen LogP) is 5.44. The number of aromatic nitrogens is 2. The highest BCUT2D eigenvalue weighted by Gasteiger charge is 2.28. The van der Waals surface area contributed by atoms with Crippen molar-refractivity contribution in [2.45, 2.75) is 39.5 Å². The highest BCUT2D eigenvalue weighted by molar-refractivity contribution is 7.13. The summed E-state index contributed by atoms with van der Waals surface area (Å²) in [6, 6.07) is 6.91. The molecule has 1 aromatic carbocycles. The number of rotatable bonds is 5. The molecule has 35 heavy (non-hydrogen) atoms. The van der Waals surface area contributed by atoms with Crippen molar-refractivity contribution in [3.63, 3.8) is 0 Å². The SMILES string of the molecule is CC(=O)c1cc2cc(NC(=O)c3csc(C4CCN(C(=O)c5sc(C)nc5C)CC4)n3)ccc2o1. The van der Waals surface area contributed by atoms with Gasteiger partial charge in [0.25, 0.3) is 11.8 Å². The third kappa shape index (κ3) is 4.76. The average molecular weight is 509 g/mol. The van der Waals surface area contributed by atoms with Crippen molar-refractivity contribution < 1.29 is 18.8 Å². The van der Waals surface area contributed by atoms with Crippen molar-refractivity contribution in [1.29, 1.82) is 0 Å². The molecule has 1 fully saturated rings. The van der Waals surface area contributed by atoms with Gasteiger partial charge in [-0.15, -0.1) is 22.7 Å². The number of nitrogens with one attached hydrogen (secondary N) is 1. The van der Waals surface area contributed by atoms with E-state index in [1.807, 2.05) is 18.7 Å². The number of nitrogens with zero attached hydrogens (tertiary/aromatic N) is 3. The van der Waals surface area contributed by atoms with Crippen LogP contribution in [0.4, 0.5) is 5.69 Å². The third-order valence-electron chi connectivity index (χ3n) is 6.10. The highest BCUT2D eigenvalue weighted by atomic mass is 32.1. The Morgan fingerprint density at radius 3 is 2.57 bits per heavy atom. The highest BCUT2D eigenvalue weighted by Crippen LogP contribution is 2.32. The minimum absolute atomic E-state index is 0.0516. The molecule has 3 aromatic heterocycles. The lowest BCUT2D eigenvalue weighted by molar-refractivity contribution is 0.0716. The van der Waals surface area contributed by atoms with Crippen LogP contribution in [0.5, 0.6) is 0 Å². The number of hydrogen-bond donors (Lipinski definition) is 1. The number of Topliss-reactive ketones (excluding diaryl/α,β-unsaturated/α-hetero) is 1. The van der Waals surface area contributed by atoms with Gasteiger partial charge in [-0.3, -0.25) is 14.4 Å². The van der Waals surface area contributed by atoms with E-state index in [0.29, 0.717) is 30.1 Å². The van der Waals surface area contributed by atoms with Crippen LogP contribution >= 0.6 is 22.7 Å². The van der Waals surface area contributed by atoms with Gasteiger partial charge in [0.05, 0.1) is 15.7 Å². The molecule has 1 aliphatic heterocycles. The van der Waals surface area contributed by atoms with E-state index in [4.69, 9.17) is 4.42 Å². The molecule has 0 bridgehead atoms. The summed E-state index contributed by atoms with van der Waals surface area (Å²) in [6.45, 7) is 6.56. The number of aryl methyl sites for hydroxylation is 2. The van der Waals surface area contributed by atoms with Crippen molar-refractivity contribution >= 4 is 56.9 Å². The second kappa shape index (κ2) is 9.35. The lowest BCUT2D eigenvalue weighted by atomic mass is 9.97. The standard InChI is InChI=1S/C25H24N4O4S2/c1-13-22(35-15(3)26-13)25(32)29-8-6-16(7-9-29)24-28-19(12-34-24)23(31)27-18-4-5-20-17(10-18)11-21(33-20)14(2)30/h4-5,10-12,16H,6-9H2,1-3H3,(H,27,31). The fraction of sp³-hybridized carbons (Fsp3) is 0.320. The monoisotopic (exact) mass is 508 g/mol. The van der Waals surface area contributed by atoms with Gasteiger partial charge in [-0.05, 0) is 51.0 Å². The van der Waals surface area contributed by atoms with E-state index in [9.17, 15) is 14.4 Å².